The first-order valence-electron chi connectivity index (χ1n) is 8.15. The quantitative estimate of drug-likeness (QED) is 0.840. The number of aromatic nitrogens is 1. The molecule has 1 saturated heterocycles. The summed E-state index contributed by atoms with van der Waals surface area (Å²) in [5.41, 5.74) is 1.66. The third-order valence-electron chi connectivity index (χ3n) is 4.12. The van der Waals surface area contributed by atoms with Gasteiger partial charge in [0, 0.05) is 37.1 Å². The van der Waals surface area contributed by atoms with E-state index < -0.39 is 0 Å². The number of benzene rings is 1. The smallest absolute Gasteiger partial charge is 0.226 e. The molecule has 6 heteroatoms. The minimum atomic E-state index is -0.0426. The average molecular weight is 330 g/mol. The maximum Gasteiger partial charge on any atom is 0.226 e. The Morgan fingerprint density at radius 2 is 2.29 bits per heavy atom. The molecule has 3 rings (SSSR count). The van der Waals surface area contributed by atoms with Gasteiger partial charge in [-0.15, -0.1) is 0 Å². The Morgan fingerprint density at radius 1 is 1.42 bits per heavy atom. The lowest BCUT2D eigenvalue weighted by Gasteiger charge is -2.08. The summed E-state index contributed by atoms with van der Waals surface area (Å²) in [4.78, 5) is 12.0. The van der Waals surface area contributed by atoms with Crippen LogP contribution >= 0.6 is 0 Å². The molecule has 1 amide bonds. The van der Waals surface area contributed by atoms with Crippen LogP contribution in [0.25, 0.3) is 0 Å². The molecule has 1 aliphatic rings. The normalized spacial score (nSPS) is 17.0. The van der Waals surface area contributed by atoms with E-state index in [1.807, 2.05) is 30.3 Å². The fourth-order valence-corrected chi connectivity index (χ4v) is 2.79. The van der Waals surface area contributed by atoms with Crippen LogP contribution in [-0.2, 0) is 22.4 Å². The molecule has 0 radical (unpaired) electrons. The molecule has 1 fully saturated rings. The number of ether oxygens (including phenoxy) is 2. The first-order valence-corrected chi connectivity index (χ1v) is 8.15. The highest BCUT2D eigenvalue weighted by Gasteiger charge is 2.17. The molecule has 2 heterocycles. The van der Waals surface area contributed by atoms with Crippen LogP contribution < -0.4 is 10.1 Å². The van der Waals surface area contributed by atoms with Crippen LogP contribution in [0.1, 0.15) is 23.4 Å². The maximum absolute atomic E-state index is 12.0. The molecular weight excluding hydrogens is 308 g/mol. The fraction of sp³-hybridized carbons (Fsp3) is 0.444. The van der Waals surface area contributed by atoms with Gasteiger partial charge in [0.2, 0.25) is 5.91 Å². The second-order valence-electron chi connectivity index (χ2n) is 5.98. The number of rotatable bonds is 7. The molecule has 2 aromatic rings. The summed E-state index contributed by atoms with van der Waals surface area (Å²) in [5, 5.41) is 6.92. The van der Waals surface area contributed by atoms with Crippen molar-refractivity contribution in [2.75, 3.05) is 26.9 Å². The molecule has 1 aliphatic heterocycles. The van der Waals surface area contributed by atoms with Crippen molar-refractivity contribution in [3.05, 3.63) is 47.3 Å². The average Bonchev–Trinajstić information content (AvgIpc) is 3.25. The fourth-order valence-electron chi connectivity index (χ4n) is 2.79. The van der Waals surface area contributed by atoms with Gasteiger partial charge in [-0.25, -0.2) is 0 Å². The van der Waals surface area contributed by atoms with Gasteiger partial charge in [-0.2, -0.15) is 0 Å². The van der Waals surface area contributed by atoms with Crippen molar-refractivity contribution in [2.45, 2.75) is 19.3 Å². The van der Waals surface area contributed by atoms with E-state index in [1.54, 1.807) is 7.11 Å². The number of para-hydroxylation sites is 1. The largest absolute Gasteiger partial charge is 0.496 e. The van der Waals surface area contributed by atoms with E-state index in [0.717, 1.165) is 30.9 Å². The van der Waals surface area contributed by atoms with E-state index in [1.165, 1.54) is 0 Å². The van der Waals surface area contributed by atoms with E-state index in [-0.39, 0.29) is 12.3 Å². The Kier molecular flexibility index (Phi) is 5.48. The van der Waals surface area contributed by atoms with Crippen LogP contribution in [0.3, 0.4) is 0 Å². The summed E-state index contributed by atoms with van der Waals surface area (Å²) in [6, 6.07) is 9.60. The molecular formula is C18H22N2O4. The van der Waals surface area contributed by atoms with Crippen LogP contribution in [0.2, 0.25) is 0 Å². The highest BCUT2D eigenvalue weighted by Crippen LogP contribution is 2.21. The van der Waals surface area contributed by atoms with Crippen LogP contribution in [0.4, 0.5) is 0 Å². The Hall–Kier alpha value is -2.34. The molecule has 0 aliphatic carbocycles. The first kappa shape index (κ1) is 16.5. The van der Waals surface area contributed by atoms with Crippen LogP contribution in [-0.4, -0.2) is 37.9 Å². The molecule has 1 aromatic carbocycles. The molecule has 1 atom stereocenters. The maximum atomic E-state index is 12.0. The monoisotopic (exact) mass is 330 g/mol. The van der Waals surface area contributed by atoms with Gasteiger partial charge >= 0.3 is 0 Å². The molecule has 24 heavy (non-hydrogen) atoms. The summed E-state index contributed by atoms with van der Waals surface area (Å²) in [6.07, 6.45) is 1.81. The summed E-state index contributed by atoms with van der Waals surface area (Å²) >= 11 is 0. The van der Waals surface area contributed by atoms with Crippen LogP contribution in [0.5, 0.6) is 5.75 Å². The molecule has 0 saturated carbocycles. The molecule has 1 unspecified atom stereocenters. The zero-order valence-electron chi connectivity index (χ0n) is 13.8. The number of carbonyl (C=O) groups excluding carboxylic acids is 1. The summed E-state index contributed by atoms with van der Waals surface area (Å²) in [7, 11) is 1.64. The van der Waals surface area contributed by atoms with E-state index in [0.29, 0.717) is 30.3 Å². The Balaban J connectivity index is 1.52. The predicted molar refractivity (Wildman–Crippen MR) is 87.9 cm³/mol. The number of amides is 1. The zero-order valence-corrected chi connectivity index (χ0v) is 13.8. The van der Waals surface area contributed by atoms with Crippen LogP contribution in [0.15, 0.2) is 34.9 Å². The minimum Gasteiger partial charge on any atom is -0.496 e. The Bertz CT molecular complexity index is 677. The Labute approximate surface area is 141 Å². The van der Waals surface area contributed by atoms with E-state index in [2.05, 4.69) is 10.5 Å². The van der Waals surface area contributed by atoms with Crippen molar-refractivity contribution in [1.82, 2.24) is 10.5 Å². The summed E-state index contributed by atoms with van der Waals surface area (Å²) < 4.78 is 16.0. The molecule has 128 valence electrons. The van der Waals surface area contributed by atoms with Gasteiger partial charge in [0.15, 0.2) is 0 Å². The molecule has 1 N–H and O–H groups in total. The molecule has 0 spiro atoms. The van der Waals surface area contributed by atoms with Gasteiger partial charge in [-0.3, -0.25) is 4.79 Å². The molecule has 6 nitrogen and oxygen atoms in total. The van der Waals surface area contributed by atoms with Crippen molar-refractivity contribution in [1.29, 1.82) is 0 Å². The van der Waals surface area contributed by atoms with E-state index in [9.17, 15) is 4.79 Å². The number of hydrogen-bond acceptors (Lipinski definition) is 5. The highest BCUT2D eigenvalue weighted by molar-refractivity contribution is 5.78. The molecule has 0 bridgehead atoms. The van der Waals surface area contributed by atoms with Crippen molar-refractivity contribution >= 4 is 5.91 Å². The van der Waals surface area contributed by atoms with Crippen molar-refractivity contribution in [3.63, 3.8) is 0 Å². The van der Waals surface area contributed by atoms with Crippen molar-refractivity contribution in [3.8, 4) is 5.75 Å². The predicted octanol–water partition coefficient (Wildman–Crippen LogP) is 1.97. The SMILES string of the molecule is COc1ccccc1Cc1cc(CC(=O)NCC2CCOC2)no1. The van der Waals surface area contributed by atoms with Gasteiger partial charge in [-0.05, 0) is 12.5 Å². The number of hydrogen-bond donors (Lipinski definition) is 1. The number of nitrogens with one attached hydrogen (secondary N) is 1. The van der Waals surface area contributed by atoms with E-state index in [4.69, 9.17) is 14.0 Å². The second-order valence-corrected chi connectivity index (χ2v) is 5.98. The Morgan fingerprint density at radius 3 is 3.08 bits per heavy atom. The van der Waals surface area contributed by atoms with Gasteiger partial charge < -0.3 is 19.3 Å². The van der Waals surface area contributed by atoms with Gasteiger partial charge in [0.05, 0.1) is 25.8 Å². The zero-order chi connectivity index (χ0) is 16.8. The van der Waals surface area contributed by atoms with Gasteiger partial charge in [0.25, 0.3) is 0 Å². The number of nitrogens with zero attached hydrogens (tertiary/aromatic N) is 1. The van der Waals surface area contributed by atoms with Crippen LogP contribution in [0, 0.1) is 5.92 Å². The topological polar surface area (TPSA) is 73.6 Å². The van der Waals surface area contributed by atoms with E-state index >= 15 is 0 Å². The van der Waals surface area contributed by atoms with Crippen molar-refractivity contribution < 1.29 is 18.8 Å². The lowest BCUT2D eigenvalue weighted by Crippen LogP contribution is -2.30. The van der Waals surface area contributed by atoms with Gasteiger partial charge in [-0.1, -0.05) is 23.4 Å². The highest BCUT2D eigenvalue weighted by atomic mass is 16.5. The number of methoxy groups -OCH3 is 1. The second kappa shape index (κ2) is 7.97. The van der Waals surface area contributed by atoms with Crippen molar-refractivity contribution in [2.24, 2.45) is 5.92 Å². The first-order chi connectivity index (χ1) is 11.7. The molecule has 1 aromatic heterocycles. The number of carbonyl (C=O) groups is 1. The third-order valence-corrected chi connectivity index (χ3v) is 4.12. The third kappa shape index (κ3) is 4.35. The summed E-state index contributed by atoms with van der Waals surface area (Å²) in [6.45, 7) is 2.17. The summed E-state index contributed by atoms with van der Waals surface area (Å²) in [5.74, 6) is 1.91. The lowest BCUT2D eigenvalue weighted by molar-refractivity contribution is -0.120. The standard InChI is InChI=1S/C18H22N2O4/c1-22-17-5-3-2-4-14(17)8-16-9-15(20-24-16)10-18(21)19-11-13-6-7-23-12-13/h2-5,9,13H,6-8,10-12H2,1H3,(H,19,21). The van der Waals surface area contributed by atoms with Gasteiger partial charge in [0.1, 0.15) is 11.5 Å². The minimum absolute atomic E-state index is 0.0426. The lowest BCUT2D eigenvalue weighted by atomic mass is 10.1.